The lowest BCUT2D eigenvalue weighted by Gasteiger charge is -2.18. The van der Waals surface area contributed by atoms with Gasteiger partial charge in [-0.2, -0.15) is 0 Å². The van der Waals surface area contributed by atoms with E-state index >= 15 is 0 Å². The molecule has 0 N–H and O–H groups in total. The summed E-state index contributed by atoms with van der Waals surface area (Å²) in [4.78, 5) is 9.60. The second-order valence-corrected chi connectivity index (χ2v) is 8.64. The first kappa shape index (κ1) is 19.0. The summed E-state index contributed by atoms with van der Waals surface area (Å²) in [5.41, 5.74) is 5.55. The Kier molecular flexibility index (Phi) is 4.18. The number of aromatic nitrogens is 2. The van der Waals surface area contributed by atoms with E-state index in [-0.39, 0.29) is 0 Å². The van der Waals surface area contributed by atoms with Gasteiger partial charge < -0.3 is 0 Å². The predicted molar refractivity (Wildman–Crippen MR) is 143 cm³/mol. The van der Waals surface area contributed by atoms with Gasteiger partial charge in [0, 0.05) is 34.1 Å². The molecule has 0 amide bonds. The summed E-state index contributed by atoms with van der Waals surface area (Å²) in [6.07, 6.45) is 3.89. The van der Waals surface area contributed by atoms with Crippen molar-refractivity contribution in [1.82, 2.24) is 9.97 Å². The van der Waals surface area contributed by atoms with Crippen molar-refractivity contribution < 1.29 is 0 Å². The SMILES string of the molecule is c1ccc(-c2c3ccccc3c(-c3ccc4ccccc4c3)c3c2cnc2ccccc23)nc1. The molecule has 0 aliphatic heterocycles. The monoisotopic (exact) mass is 432 g/mol. The van der Waals surface area contributed by atoms with Crippen LogP contribution in [0.25, 0.3) is 65.6 Å². The Hall–Kier alpha value is -4.56. The molecule has 2 heterocycles. The normalized spacial score (nSPS) is 11.5. The van der Waals surface area contributed by atoms with Gasteiger partial charge in [-0.25, -0.2) is 0 Å². The van der Waals surface area contributed by atoms with Gasteiger partial charge in [0.1, 0.15) is 0 Å². The highest BCUT2D eigenvalue weighted by molar-refractivity contribution is 6.27. The molecular weight excluding hydrogens is 412 g/mol. The molecule has 5 aromatic carbocycles. The molecule has 0 spiro atoms. The first-order valence-electron chi connectivity index (χ1n) is 11.5. The fraction of sp³-hybridized carbons (Fsp3) is 0. The third kappa shape index (κ3) is 2.82. The van der Waals surface area contributed by atoms with Crippen LogP contribution in [0.1, 0.15) is 0 Å². The van der Waals surface area contributed by atoms with Gasteiger partial charge in [0.15, 0.2) is 0 Å². The number of para-hydroxylation sites is 1. The highest BCUT2D eigenvalue weighted by Gasteiger charge is 2.19. The lowest BCUT2D eigenvalue weighted by molar-refractivity contribution is 1.34. The van der Waals surface area contributed by atoms with Crippen molar-refractivity contribution in [3.05, 3.63) is 122 Å². The number of hydrogen-bond donors (Lipinski definition) is 0. The zero-order chi connectivity index (χ0) is 22.5. The van der Waals surface area contributed by atoms with E-state index in [4.69, 9.17) is 9.97 Å². The van der Waals surface area contributed by atoms with Crippen LogP contribution < -0.4 is 0 Å². The number of pyridine rings is 2. The molecule has 0 bridgehead atoms. The van der Waals surface area contributed by atoms with Gasteiger partial charge in [-0.3, -0.25) is 9.97 Å². The zero-order valence-electron chi connectivity index (χ0n) is 18.4. The van der Waals surface area contributed by atoms with Crippen molar-refractivity contribution in [2.45, 2.75) is 0 Å². The van der Waals surface area contributed by atoms with Crippen molar-refractivity contribution in [3.63, 3.8) is 0 Å². The van der Waals surface area contributed by atoms with Crippen LogP contribution >= 0.6 is 0 Å². The standard InChI is InChI=1S/C32H20N2/c1-2-10-22-19-23(17-16-21(22)9-1)30-24-11-3-4-12-25(24)31(29-15-7-8-18-33-29)27-20-34-28-14-6-5-13-26(28)32(27)30/h1-20H. The van der Waals surface area contributed by atoms with Crippen LogP contribution in [0, 0.1) is 0 Å². The average Bonchev–Trinajstić information content (AvgIpc) is 2.91. The summed E-state index contributed by atoms with van der Waals surface area (Å²) in [5.74, 6) is 0. The van der Waals surface area contributed by atoms with E-state index in [0.717, 1.165) is 27.5 Å². The minimum Gasteiger partial charge on any atom is -0.256 e. The molecule has 7 rings (SSSR count). The topological polar surface area (TPSA) is 25.8 Å². The molecule has 0 saturated heterocycles. The zero-order valence-corrected chi connectivity index (χ0v) is 18.4. The second kappa shape index (κ2) is 7.50. The van der Waals surface area contributed by atoms with Gasteiger partial charge in [0.05, 0.1) is 11.2 Å². The first-order valence-corrected chi connectivity index (χ1v) is 11.5. The van der Waals surface area contributed by atoms with Gasteiger partial charge in [0.25, 0.3) is 0 Å². The summed E-state index contributed by atoms with van der Waals surface area (Å²) in [7, 11) is 0. The van der Waals surface area contributed by atoms with Crippen LogP contribution in [0.2, 0.25) is 0 Å². The number of hydrogen-bond acceptors (Lipinski definition) is 2. The molecule has 158 valence electrons. The Morgan fingerprint density at radius 1 is 0.471 bits per heavy atom. The van der Waals surface area contributed by atoms with E-state index in [2.05, 4.69) is 103 Å². The fourth-order valence-corrected chi connectivity index (χ4v) is 5.23. The maximum Gasteiger partial charge on any atom is 0.0715 e. The van der Waals surface area contributed by atoms with Crippen molar-refractivity contribution in [3.8, 4) is 22.4 Å². The summed E-state index contributed by atoms with van der Waals surface area (Å²) in [6, 6.07) is 38.5. The smallest absolute Gasteiger partial charge is 0.0715 e. The van der Waals surface area contributed by atoms with E-state index in [1.54, 1.807) is 0 Å². The predicted octanol–water partition coefficient (Wildman–Crippen LogP) is 8.42. The summed E-state index contributed by atoms with van der Waals surface area (Å²) in [5, 5.41) is 8.41. The Bertz CT molecular complexity index is 1850. The van der Waals surface area contributed by atoms with E-state index < -0.39 is 0 Å². The molecule has 0 aliphatic rings. The number of rotatable bonds is 2. The van der Waals surface area contributed by atoms with Crippen LogP contribution in [0.4, 0.5) is 0 Å². The minimum atomic E-state index is 0.964. The van der Waals surface area contributed by atoms with E-state index in [1.165, 1.54) is 38.1 Å². The third-order valence-corrected chi connectivity index (χ3v) is 6.72. The molecule has 7 aromatic rings. The molecule has 2 aromatic heterocycles. The van der Waals surface area contributed by atoms with Gasteiger partial charge >= 0.3 is 0 Å². The number of benzene rings is 5. The maximum absolute atomic E-state index is 4.86. The third-order valence-electron chi connectivity index (χ3n) is 6.72. The van der Waals surface area contributed by atoms with E-state index in [9.17, 15) is 0 Å². The summed E-state index contributed by atoms with van der Waals surface area (Å²) in [6.45, 7) is 0. The molecule has 0 radical (unpaired) electrons. The minimum absolute atomic E-state index is 0.964. The molecule has 0 atom stereocenters. The van der Waals surface area contributed by atoms with Crippen LogP contribution in [-0.4, -0.2) is 9.97 Å². The quantitative estimate of drug-likeness (QED) is 0.202. The lowest BCUT2D eigenvalue weighted by atomic mass is 9.86. The lowest BCUT2D eigenvalue weighted by Crippen LogP contribution is -1.94. The van der Waals surface area contributed by atoms with E-state index in [1.807, 2.05) is 18.5 Å². The Morgan fingerprint density at radius 3 is 2.00 bits per heavy atom. The Labute approximate surface area is 197 Å². The van der Waals surface area contributed by atoms with Crippen LogP contribution in [0.3, 0.4) is 0 Å². The van der Waals surface area contributed by atoms with Crippen LogP contribution in [-0.2, 0) is 0 Å². The molecule has 0 fully saturated rings. The van der Waals surface area contributed by atoms with E-state index in [0.29, 0.717) is 0 Å². The van der Waals surface area contributed by atoms with Crippen LogP contribution in [0.5, 0.6) is 0 Å². The van der Waals surface area contributed by atoms with Crippen molar-refractivity contribution >= 4 is 43.2 Å². The van der Waals surface area contributed by atoms with Crippen molar-refractivity contribution in [1.29, 1.82) is 0 Å². The molecule has 2 heteroatoms. The van der Waals surface area contributed by atoms with Crippen molar-refractivity contribution in [2.75, 3.05) is 0 Å². The fourth-order valence-electron chi connectivity index (χ4n) is 5.23. The maximum atomic E-state index is 4.86. The summed E-state index contributed by atoms with van der Waals surface area (Å²) >= 11 is 0. The average molecular weight is 433 g/mol. The summed E-state index contributed by atoms with van der Waals surface area (Å²) < 4.78 is 0. The molecule has 0 unspecified atom stereocenters. The Morgan fingerprint density at radius 2 is 1.18 bits per heavy atom. The molecule has 0 saturated carbocycles. The molecule has 0 aliphatic carbocycles. The molecule has 2 nitrogen and oxygen atoms in total. The number of nitrogens with zero attached hydrogens (tertiary/aromatic N) is 2. The largest absolute Gasteiger partial charge is 0.256 e. The highest BCUT2D eigenvalue weighted by atomic mass is 14.7. The second-order valence-electron chi connectivity index (χ2n) is 8.64. The highest BCUT2D eigenvalue weighted by Crippen LogP contribution is 2.45. The van der Waals surface area contributed by atoms with Gasteiger partial charge in [0.2, 0.25) is 0 Å². The Balaban J connectivity index is 1.74. The van der Waals surface area contributed by atoms with Crippen LogP contribution in [0.15, 0.2) is 122 Å². The van der Waals surface area contributed by atoms with Gasteiger partial charge in [-0.15, -0.1) is 0 Å². The molecular formula is C32H20N2. The number of fused-ring (bicyclic) bond motifs is 5. The first-order chi connectivity index (χ1) is 16.9. The van der Waals surface area contributed by atoms with Crippen molar-refractivity contribution in [2.24, 2.45) is 0 Å². The molecule has 34 heavy (non-hydrogen) atoms. The van der Waals surface area contributed by atoms with Gasteiger partial charge in [-0.1, -0.05) is 84.9 Å². The van der Waals surface area contributed by atoms with Gasteiger partial charge in [-0.05, 0) is 56.9 Å².